The van der Waals surface area contributed by atoms with Crippen LogP contribution < -0.4 is 5.32 Å². The molecular weight excluding hydrogens is 279 g/mol. The molecule has 19 heavy (non-hydrogen) atoms. The third-order valence-corrected chi connectivity index (χ3v) is 3.93. The van der Waals surface area contributed by atoms with Gasteiger partial charge in [0, 0.05) is 29.3 Å². The lowest BCUT2D eigenvalue weighted by Crippen LogP contribution is -2.00. The minimum Gasteiger partial charge on any atom is -0.381 e. The molecule has 3 aromatic rings. The van der Waals surface area contributed by atoms with Gasteiger partial charge in [-0.15, -0.1) is 0 Å². The molecule has 2 nitrogen and oxygen atoms in total. The van der Waals surface area contributed by atoms with E-state index in [0.29, 0.717) is 16.6 Å². The van der Waals surface area contributed by atoms with Crippen LogP contribution in [0, 0.1) is 0 Å². The second-order valence-corrected chi connectivity index (χ2v) is 5.13. The molecule has 1 aromatic heterocycles. The van der Waals surface area contributed by atoms with Crippen LogP contribution in [0.25, 0.3) is 10.9 Å². The van der Waals surface area contributed by atoms with Gasteiger partial charge >= 0.3 is 0 Å². The molecule has 0 aliphatic carbocycles. The Labute approximate surface area is 121 Å². The highest BCUT2D eigenvalue weighted by atomic mass is 35.5. The first-order valence-corrected chi connectivity index (χ1v) is 6.73. The lowest BCUT2D eigenvalue weighted by atomic mass is 10.2. The van der Waals surface area contributed by atoms with Gasteiger partial charge in [-0.1, -0.05) is 35.3 Å². The number of rotatable bonds is 3. The van der Waals surface area contributed by atoms with Crippen molar-refractivity contribution in [2.45, 2.75) is 6.54 Å². The van der Waals surface area contributed by atoms with Crippen molar-refractivity contribution >= 4 is 39.8 Å². The van der Waals surface area contributed by atoms with Crippen molar-refractivity contribution in [3.05, 3.63) is 64.3 Å². The number of benzene rings is 2. The van der Waals surface area contributed by atoms with E-state index in [1.165, 1.54) is 5.39 Å². The van der Waals surface area contributed by atoms with Gasteiger partial charge < -0.3 is 10.3 Å². The van der Waals surface area contributed by atoms with Gasteiger partial charge in [-0.3, -0.25) is 0 Å². The number of anilines is 1. The van der Waals surface area contributed by atoms with Crippen molar-refractivity contribution in [2.75, 3.05) is 5.32 Å². The van der Waals surface area contributed by atoms with Crippen LogP contribution in [0.5, 0.6) is 0 Å². The normalized spacial score (nSPS) is 10.8. The zero-order valence-electron chi connectivity index (χ0n) is 10.1. The van der Waals surface area contributed by atoms with Gasteiger partial charge in [-0.25, -0.2) is 0 Å². The van der Waals surface area contributed by atoms with Gasteiger partial charge in [0.05, 0.1) is 10.0 Å². The molecule has 0 saturated carbocycles. The Morgan fingerprint density at radius 1 is 1.05 bits per heavy atom. The molecule has 96 valence electrons. The highest BCUT2D eigenvalue weighted by molar-refractivity contribution is 6.42. The van der Waals surface area contributed by atoms with E-state index in [1.807, 2.05) is 30.5 Å². The maximum Gasteiger partial charge on any atom is 0.0642 e. The molecule has 0 fully saturated rings. The van der Waals surface area contributed by atoms with Gasteiger partial charge in [0.1, 0.15) is 0 Å². The molecule has 0 unspecified atom stereocenters. The van der Waals surface area contributed by atoms with E-state index in [4.69, 9.17) is 23.2 Å². The predicted molar refractivity (Wildman–Crippen MR) is 82.1 cm³/mol. The Bertz CT molecular complexity index is 719. The molecule has 0 aliphatic heterocycles. The van der Waals surface area contributed by atoms with Gasteiger partial charge in [0.2, 0.25) is 0 Å². The molecule has 0 bridgehead atoms. The number of halogens is 2. The first-order chi connectivity index (χ1) is 9.24. The molecular formula is C15H12Cl2N2. The standard InChI is InChI=1S/C15H12Cl2N2/c16-13-3-1-2-11(15(13)17)9-19-12-4-5-14-10(8-12)6-7-18-14/h1-8,18-19H,9H2. The fourth-order valence-electron chi connectivity index (χ4n) is 2.05. The number of hydrogen-bond acceptors (Lipinski definition) is 1. The quantitative estimate of drug-likeness (QED) is 0.691. The van der Waals surface area contributed by atoms with Crippen LogP contribution in [0.4, 0.5) is 5.69 Å². The molecule has 0 saturated heterocycles. The number of fused-ring (bicyclic) bond motifs is 1. The average molecular weight is 291 g/mol. The smallest absolute Gasteiger partial charge is 0.0642 e. The molecule has 0 atom stereocenters. The van der Waals surface area contributed by atoms with E-state index < -0.39 is 0 Å². The molecule has 0 spiro atoms. The van der Waals surface area contributed by atoms with Gasteiger partial charge in [-0.2, -0.15) is 0 Å². The van der Waals surface area contributed by atoms with Gasteiger partial charge in [0.15, 0.2) is 0 Å². The summed E-state index contributed by atoms with van der Waals surface area (Å²) in [7, 11) is 0. The molecule has 1 heterocycles. The number of aromatic nitrogens is 1. The van der Waals surface area contributed by atoms with E-state index in [0.717, 1.165) is 16.8 Å². The van der Waals surface area contributed by atoms with Crippen molar-refractivity contribution in [2.24, 2.45) is 0 Å². The number of H-pyrrole nitrogens is 1. The van der Waals surface area contributed by atoms with Crippen LogP contribution in [0.15, 0.2) is 48.7 Å². The summed E-state index contributed by atoms with van der Waals surface area (Å²) in [6.45, 7) is 0.648. The van der Waals surface area contributed by atoms with Crippen molar-refractivity contribution in [3.8, 4) is 0 Å². The van der Waals surface area contributed by atoms with E-state index >= 15 is 0 Å². The highest BCUT2D eigenvalue weighted by Crippen LogP contribution is 2.26. The zero-order chi connectivity index (χ0) is 13.2. The fraction of sp³-hybridized carbons (Fsp3) is 0.0667. The number of aromatic amines is 1. The minimum absolute atomic E-state index is 0.585. The van der Waals surface area contributed by atoms with E-state index in [9.17, 15) is 0 Å². The second-order valence-electron chi connectivity index (χ2n) is 4.35. The number of hydrogen-bond donors (Lipinski definition) is 2. The van der Waals surface area contributed by atoms with Crippen molar-refractivity contribution in [3.63, 3.8) is 0 Å². The molecule has 2 N–H and O–H groups in total. The van der Waals surface area contributed by atoms with Gasteiger partial charge in [0.25, 0.3) is 0 Å². The summed E-state index contributed by atoms with van der Waals surface area (Å²) in [6, 6.07) is 13.9. The maximum absolute atomic E-state index is 6.16. The SMILES string of the molecule is Clc1cccc(CNc2ccc3[nH]ccc3c2)c1Cl. The van der Waals surface area contributed by atoms with Crippen LogP contribution in [0.3, 0.4) is 0 Å². The van der Waals surface area contributed by atoms with Crippen LogP contribution in [-0.4, -0.2) is 4.98 Å². The van der Waals surface area contributed by atoms with E-state index in [1.54, 1.807) is 6.07 Å². The number of nitrogens with one attached hydrogen (secondary N) is 2. The van der Waals surface area contributed by atoms with Crippen molar-refractivity contribution in [1.29, 1.82) is 0 Å². The summed E-state index contributed by atoms with van der Waals surface area (Å²) in [5.41, 5.74) is 3.18. The topological polar surface area (TPSA) is 27.8 Å². The van der Waals surface area contributed by atoms with Crippen LogP contribution in [0.2, 0.25) is 10.0 Å². The summed E-state index contributed by atoms with van der Waals surface area (Å²) in [5, 5.41) is 5.73. The monoisotopic (exact) mass is 290 g/mol. The fourth-order valence-corrected chi connectivity index (χ4v) is 2.43. The average Bonchev–Trinajstić information content (AvgIpc) is 2.88. The summed E-state index contributed by atoms with van der Waals surface area (Å²) < 4.78 is 0. The van der Waals surface area contributed by atoms with Crippen LogP contribution in [0.1, 0.15) is 5.56 Å². The summed E-state index contributed by atoms with van der Waals surface area (Å²) in [6.07, 6.45) is 1.93. The van der Waals surface area contributed by atoms with Crippen molar-refractivity contribution in [1.82, 2.24) is 4.98 Å². The first kappa shape index (κ1) is 12.4. The maximum atomic E-state index is 6.16. The predicted octanol–water partition coefficient (Wildman–Crippen LogP) is 5.09. The summed E-state index contributed by atoms with van der Waals surface area (Å²) in [4.78, 5) is 3.17. The Balaban J connectivity index is 1.80. The first-order valence-electron chi connectivity index (χ1n) is 5.98. The van der Waals surface area contributed by atoms with Crippen LogP contribution in [-0.2, 0) is 6.54 Å². The third kappa shape index (κ3) is 2.55. The van der Waals surface area contributed by atoms with Gasteiger partial charge in [-0.05, 0) is 35.9 Å². The molecule has 0 amide bonds. The summed E-state index contributed by atoms with van der Waals surface area (Å²) in [5.74, 6) is 0. The molecule has 2 aromatic carbocycles. The molecule has 0 aliphatic rings. The van der Waals surface area contributed by atoms with E-state index in [2.05, 4.69) is 22.4 Å². The minimum atomic E-state index is 0.585. The van der Waals surface area contributed by atoms with Crippen molar-refractivity contribution < 1.29 is 0 Å². The second kappa shape index (κ2) is 5.16. The Morgan fingerprint density at radius 3 is 2.84 bits per heavy atom. The molecule has 4 heteroatoms. The molecule has 0 radical (unpaired) electrons. The van der Waals surface area contributed by atoms with Crippen LogP contribution >= 0.6 is 23.2 Å². The molecule has 3 rings (SSSR count). The third-order valence-electron chi connectivity index (χ3n) is 3.07. The summed E-state index contributed by atoms with van der Waals surface area (Å²) >= 11 is 12.2. The highest BCUT2D eigenvalue weighted by Gasteiger charge is 2.04. The largest absolute Gasteiger partial charge is 0.381 e. The lowest BCUT2D eigenvalue weighted by Gasteiger charge is -2.09. The zero-order valence-corrected chi connectivity index (χ0v) is 11.6. The Hall–Kier alpha value is -1.64. The Kier molecular flexibility index (Phi) is 3.36. The lowest BCUT2D eigenvalue weighted by molar-refractivity contribution is 1.15. The van der Waals surface area contributed by atoms with E-state index in [-0.39, 0.29) is 0 Å². The Morgan fingerprint density at radius 2 is 1.95 bits per heavy atom.